The molecule has 1 amide bonds. The van der Waals surface area contributed by atoms with E-state index in [1.54, 1.807) is 25.3 Å². The molecule has 0 unspecified atom stereocenters. The second kappa shape index (κ2) is 5.99. The molecule has 0 saturated carbocycles. The average Bonchev–Trinajstić information content (AvgIpc) is 2.83. The predicted octanol–water partition coefficient (Wildman–Crippen LogP) is 1.74. The van der Waals surface area contributed by atoms with Gasteiger partial charge in [-0.1, -0.05) is 5.16 Å². The number of carbonyl (C=O) groups excluding carboxylic acids is 1. The Morgan fingerprint density at radius 3 is 2.84 bits per heavy atom. The van der Waals surface area contributed by atoms with Gasteiger partial charge in [-0.15, -0.1) is 0 Å². The van der Waals surface area contributed by atoms with Crippen molar-refractivity contribution in [3.8, 4) is 0 Å². The number of nitrogens with zero attached hydrogens (tertiary/aromatic N) is 2. The van der Waals surface area contributed by atoms with Gasteiger partial charge in [0.1, 0.15) is 17.1 Å². The van der Waals surface area contributed by atoms with Crippen LogP contribution in [-0.4, -0.2) is 22.6 Å². The fourth-order valence-corrected chi connectivity index (χ4v) is 1.60. The molecular weight excluding hydrogens is 244 g/mol. The van der Waals surface area contributed by atoms with Crippen molar-refractivity contribution < 1.29 is 9.32 Å². The van der Waals surface area contributed by atoms with Crippen molar-refractivity contribution in [3.05, 3.63) is 41.5 Å². The van der Waals surface area contributed by atoms with Gasteiger partial charge in [-0.3, -0.25) is 4.79 Å². The molecular formula is C13H16N4O2. The van der Waals surface area contributed by atoms with Gasteiger partial charge >= 0.3 is 0 Å². The van der Waals surface area contributed by atoms with Crippen LogP contribution in [0.4, 0.5) is 5.69 Å². The van der Waals surface area contributed by atoms with Gasteiger partial charge in [0.25, 0.3) is 5.91 Å². The molecule has 0 aliphatic heterocycles. The molecule has 0 saturated heterocycles. The molecule has 0 aliphatic carbocycles. The van der Waals surface area contributed by atoms with Crippen molar-refractivity contribution in [1.82, 2.24) is 15.5 Å². The van der Waals surface area contributed by atoms with Crippen LogP contribution in [-0.2, 0) is 6.54 Å². The van der Waals surface area contributed by atoms with Crippen LogP contribution in [0, 0.1) is 6.92 Å². The highest BCUT2D eigenvalue weighted by molar-refractivity contribution is 5.92. The molecule has 0 radical (unpaired) electrons. The van der Waals surface area contributed by atoms with Gasteiger partial charge in [0.05, 0.1) is 18.4 Å². The minimum absolute atomic E-state index is 0.233. The molecule has 19 heavy (non-hydrogen) atoms. The van der Waals surface area contributed by atoms with Crippen LogP contribution >= 0.6 is 0 Å². The molecule has 6 heteroatoms. The van der Waals surface area contributed by atoms with Gasteiger partial charge in [-0.25, -0.2) is 4.98 Å². The third kappa shape index (κ3) is 3.54. The molecule has 0 bridgehead atoms. The highest BCUT2D eigenvalue weighted by Crippen LogP contribution is 2.06. The first-order chi connectivity index (χ1) is 9.19. The van der Waals surface area contributed by atoms with Crippen molar-refractivity contribution in [2.24, 2.45) is 0 Å². The Balaban J connectivity index is 1.92. The van der Waals surface area contributed by atoms with Gasteiger partial charge in [-0.05, 0) is 26.0 Å². The number of hydrogen-bond acceptors (Lipinski definition) is 5. The maximum absolute atomic E-state index is 11.8. The molecule has 0 atom stereocenters. The van der Waals surface area contributed by atoms with E-state index < -0.39 is 0 Å². The maximum Gasteiger partial charge on any atom is 0.270 e. The van der Waals surface area contributed by atoms with E-state index in [0.717, 1.165) is 18.0 Å². The third-order valence-corrected chi connectivity index (χ3v) is 2.48. The Morgan fingerprint density at radius 1 is 1.42 bits per heavy atom. The molecule has 0 aromatic carbocycles. The number of rotatable bonds is 5. The van der Waals surface area contributed by atoms with Crippen LogP contribution in [0.2, 0.25) is 0 Å². The van der Waals surface area contributed by atoms with E-state index in [0.29, 0.717) is 17.9 Å². The fraction of sp³-hybridized carbons (Fsp3) is 0.308. The summed E-state index contributed by atoms with van der Waals surface area (Å²) in [6, 6.07) is 5.29. The van der Waals surface area contributed by atoms with Crippen molar-refractivity contribution in [1.29, 1.82) is 0 Å². The molecule has 2 aromatic rings. The first kappa shape index (κ1) is 13.1. The van der Waals surface area contributed by atoms with E-state index in [1.807, 2.05) is 13.0 Å². The normalized spacial score (nSPS) is 10.2. The monoisotopic (exact) mass is 260 g/mol. The molecule has 0 spiro atoms. The van der Waals surface area contributed by atoms with Gasteiger partial charge < -0.3 is 15.2 Å². The number of aryl methyl sites for hydroxylation is 1. The molecule has 0 fully saturated rings. The van der Waals surface area contributed by atoms with Gasteiger partial charge in [0.15, 0.2) is 0 Å². The zero-order valence-electron chi connectivity index (χ0n) is 10.9. The lowest BCUT2D eigenvalue weighted by Gasteiger charge is -2.04. The van der Waals surface area contributed by atoms with E-state index in [2.05, 4.69) is 20.8 Å². The standard InChI is InChI=1S/C13H16N4O2/c1-3-14-10-4-5-12(15-7-10)13(18)16-8-11-6-9(2)19-17-11/h4-7,14H,3,8H2,1-2H3,(H,16,18). The summed E-state index contributed by atoms with van der Waals surface area (Å²) in [5, 5.41) is 9.65. The second-order valence-corrected chi connectivity index (χ2v) is 4.07. The fourth-order valence-electron chi connectivity index (χ4n) is 1.60. The van der Waals surface area contributed by atoms with Crippen molar-refractivity contribution in [2.45, 2.75) is 20.4 Å². The number of carbonyl (C=O) groups is 1. The number of hydrogen-bond donors (Lipinski definition) is 2. The quantitative estimate of drug-likeness (QED) is 0.856. The third-order valence-electron chi connectivity index (χ3n) is 2.48. The van der Waals surface area contributed by atoms with Crippen molar-refractivity contribution in [3.63, 3.8) is 0 Å². The molecule has 2 N–H and O–H groups in total. The molecule has 100 valence electrons. The zero-order chi connectivity index (χ0) is 13.7. The van der Waals surface area contributed by atoms with Crippen molar-refractivity contribution >= 4 is 11.6 Å². The Kier molecular flexibility index (Phi) is 4.12. The van der Waals surface area contributed by atoms with E-state index in [9.17, 15) is 4.79 Å². The lowest BCUT2D eigenvalue weighted by Crippen LogP contribution is -2.23. The first-order valence-electron chi connectivity index (χ1n) is 6.09. The van der Waals surface area contributed by atoms with Crippen LogP contribution < -0.4 is 10.6 Å². The van der Waals surface area contributed by atoms with Crippen LogP contribution in [0.15, 0.2) is 28.9 Å². The van der Waals surface area contributed by atoms with E-state index in [-0.39, 0.29) is 5.91 Å². The number of aromatic nitrogens is 2. The van der Waals surface area contributed by atoms with Gasteiger partial charge in [0.2, 0.25) is 0 Å². The lowest BCUT2D eigenvalue weighted by atomic mass is 10.3. The molecule has 0 aliphatic rings. The van der Waals surface area contributed by atoms with Crippen molar-refractivity contribution in [2.75, 3.05) is 11.9 Å². The SMILES string of the molecule is CCNc1ccc(C(=O)NCc2cc(C)on2)nc1. The lowest BCUT2D eigenvalue weighted by molar-refractivity contribution is 0.0945. The summed E-state index contributed by atoms with van der Waals surface area (Å²) in [5.74, 6) is 0.487. The Bertz CT molecular complexity index is 548. The topological polar surface area (TPSA) is 80.0 Å². The maximum atomic E-state index is 11.8. The number of pyridine rings is 1. The summed E-state index contributed by atoms with van der Waals surface area (Å²) >= 11 is 0. The number of amides is 1. The molecule has 2 heterocycles. The summed E-state index contributed by atoms with van der Waals surface area (Å²) in [6.07, 6.45) is 1.64. The highest BCUT2D eigenvalue weighted by atomic mass is 16.5. The zero-order valence-corrected chi connectivity index (χ0v) is 10.9. The van der Waals surface area contributed by atoms with Crippen LogP contribution in [0.25, 0.3) is 0 Å². The minimum atomic E-state index is -0.233. The summed E-state index contributed by atoms with van der Waals surface area (Å²) < 4.78 is 4.92. The predicted molar refractivity (Wildman–Crippen MR) is 70.8 cm³/mol. The first-order valence-corrected chi connectivity index (χ1v) is 6.09. The van der Waals surface area contributed by atoms with Crippen LogP contribution in [0.1, 0.15) is 28.9 Å². The Labute approximate surface area is 111 Å². The van der Waals surface area contributed by atoms with Crippen LogP contribution in [0.5, 0.6) is 0 Å². The minimum Gasteiger partial charge on any atom is -0.384 e. The number of anilines is 1. The summed E-state index contributed by atoms with van der Waals surface area (Å²) in [7, 11) is 0. The summed E-state index contributed by atoms with van der Waals surface area (Å²) in [4.78, 5) is 15.9. The average molecular weight is 260 g/mol. The largest absolute Gasteiger partial charge is 0.384 e. The van der Waals surface area contributed by atoms with E-state index in [1.165, 1.54) is 0 Å². The van der Waals surface area contributed by atoms with E-state index in [4.69, 9.17) is 4.52 Å². The summed E-state index contributed by atoms with van der Waals surface area (Å²) in [6.45, 7) is 4.95. The Morgan fingerprint density at radius 2 is 2.26 bits per heavy atom. The Hall–Kier alpha value is -2.37. The summed E-state index contributed by atoms with van der Waals surface area (Å²) in [5.41, 5.74) is 1.96. The molecule has 6 nitrogen and oxygen atoms in total. The smallest absolute Gasteiger partial charge is 0.270 e. The van der Waals surface area contributed by atoms with E-state index >= 15 is 0 Å². The van der Waals surface area contributed by atoms with Gasteiger partial charge in [0, 0.05) is 12.6 Å². The number of nitrogens with one attached hydrogen (secondary N) is 2. The van der Waals surface area contributed by atoms with Gasteiger partial charge in [-0.2, -0.15) is 0 Å². The molecule has 2 rings (SSSR count). The van der Waals surface area contributed by atoms with Crippen LogP contribution in [0.3, 0.4) is 0 Å². The molecule has 2 aromatic heterocycles. The second-order valence-electron chi connectivity index (χ2n) is 4.07. The highest BCUT2D eigenvalue weighted by Gasteiger charge is 2.08.